The van der Waals surface area contributed by atoms with Crippen molar-refractivity contribution < 1.29 is 38.0 Å². The summed E-state index contributed by atoms with van der Waals surface area (Å²) in [5.74, 6) is -0.293. The maximum atomic E-state index is 13.0. The molecule has 0 aliphatic heterocycles. The Hall–Kier alpha value is -1.58. The summed E-state index contributed by atoms with van der Waals surface area (Å²) in [5, 5.41) is 24.7. The number of aliphatic hydroxyl groups excluding tert-OH is 2. The van der Waals surface area contributed by atoms with E-state index >= 15 is 0 Å². The summed E-state index contributed by atoms with van der Waals surface area (Å²) >= 11 is 0. The molecule has 0 radical (unpaired) electrons. The highest BCUT2D eigenvalue weighted by atomic mass is 31.2. The molecule has 0 saturated carbocycles. The van der Waals surface area contributed by atoms with E-state index in [9.17, 15) is 24.5 Å². The smallest absolute Gasteiger partial charge is 0.268 e. The number of quaternary nitrogens is 1. The minimum Gasteiger partial charge on any atom is -0.756 e. The van der Waals surface area contributed by atoms with Crippen LogP contribution < -0.4 is 10.2 Å². The third kappa shape index (κ3) is 49.2. The Bertz CT molecular complexity index is 1250. The molecule has 1 amide bonds. The van der Waals surface area contributed by atoms with Crippen LogP contribution in [0.3, 0.4) is 0 Å². The van der Waals surface area contributed by atoms with Gasteiger partial charge in [-0.25, -0.2) is 0 Å². The molecule has 9 nitrogen and oxygen atoms in total. The second kappa shape index (κ2) is 48.1. The van der Waals surface area contributed by atoms with Crippen LogP contribution in [0.15, 0.2) is 48.6 Å². The van der Waals surface area contributed by atoms with Gasteiger partial charge in [-0.1, -0.05) is 210 Å². The van der Waals surface area contributed by atoms with E-state index in [0.717, 1.165) is 51.4 Å². The molecule has 394 valence electrons. The highest BCUT2D eigenvalue weighted by molar-refractivity contribution is 7.45. The number of hydrogen-bond acceptors (Lipinski definition) is 7. The largest absolute Gasteiger partial charge is 0.756 e. The molecule has 0 aromatic heterocycles. The van der Waals surface area contributed by atoms with Gasteiger partial charge < -0.3 is 34.0 Å². The predicted molar refractivity (Wildman–Crippen MR) is 285 cm³/mol. The standard InChI is InChI=1S/C57H109N2O7P/c1-6-8-10-12-14-16-18-20-21-22-23-24-25-26-27-28-29-30-31-32-33-34-35-36-37-38-40-42-44-46-48-50-56(61)58-54(53-66-67(63,64)65-52-51-59(3,4)5)57(62)55(60)49-47-45-43-41-39-19-17-15-13-11-9-7-2/h7,9,15,17,22-23,41,43,54-55,57,60,62H,6,8,10-14,16,18-21,24-40,42,44-53H2,1-5H3,(H-,58,61,63,64)/b9-7+,17-15+,23-22-,43-41+. The van der Waals surface area contributed by atoms with Gasteiger partial charge in [0.05, 0.1) is 39.9 Å². The summed E-state index contributed by atoms with van der Waals surface area (Å²) in [5.41, 5.74) is 0. The van der Waals surface area contributed by atoms with Crippen molar-refractivity contribution in [2.24, 2.45) is 0 Å². The normalized spacial score (nSPS) is 14.8. The van der Waals surface area contributed by atoms with Crippen LogP contribution in [0, 0.1) is 0 Å². The molecule has 0 spiro atoms. The zero-order valence-electron chi connectivity index (χ0n) is 44.5. The lowest BCUT2D eigenvalue weighted by molar-refractivity contribution is -0.870. The van der Waals surface area contributed by atoms with Gasteiger partial charge in [0.2, 0.25) is 5.91 Å². The van der Waals surface area contributed by atoms with Crippen LogP contribution in [0.25, 0.3) is 0 Å². The SMILES string of the molecule is C/C=C/CC/C=C/CC/C=C/CCCC(O)C(O)C(COP(=O)([O-])OCC[N+](C)(C)C)NC(=O)CCCCCCCCCCCCCCCCCCCCC/C=C\CCCCCCCCCC. The van der Waals surface area contributed by atoms with Crippen molar-refractivity contribution in [3.05, 3.63) is 48.6 Å². The number of phosphoric acid groups is 1. The van der Waals surface area contributed by atoms with Gasteiger partial charge in [-0.3, -0.25) is 9.36 Å². The van der Waals surface area contributed by atoms with E-state index in [1.165, 1.54) is 161 Å². The Morgan fingerprint density at radius 2 is 0.925 bits per heavy atom. The Morgan fingerprint density at radius 3 is 1.34 bits per heavy atom. The number of carbonyl (C=O) groups is 1. The van der Waals surface area contributed by atoms with Crippen LogP contribution in [0.5, 0.6) is 0 Å². The molecule has 0 aliphatic rings. The number of aliphatic hydroxyl groups is 2. The molecule has 0 bridgehead atoms. The lowest BCUT2D eigenvalue weighted by atomic mass is 10.0. The fraction of sp³-hybridized carbons (Fsp3) is 0.842. The van der Waals surface area contributed by atoms with Gasteiger partial charge in [0.1, 0.15) is 19.3 Å². The average molecular weight is 965 g/mol. The number of amides is 1. The van der Waals surface area contributed by atoms with E-state index in [2.05, 4.69) is 60.8 Å². The minimum atomic E-state index is -4.68. The van der Waals surface area contributed by atoms with E-state index < -0.39 is 32.7 Å². The zero-order valence-corrected chi connectivity index (χ0v) is 45.4. The van der Waals surface area contributed by atoms with Crippen molar-refractivity contribution in [2.75, 3.05) is 40.9 Å². The Labute approximate surface area is 414 Å². The van der Waals surface area contributed by atoms with E-state index in [4.69, 9.17) is 9.05 Å². The molecular formula is C57H109N2O7P. The number of hydrogen-bond donors (Lipinski definition) is 3. The first-order valence-corrected chi connectivity index (χ1v) is 29.5. The van der Waals surface area contributed by atoms with Crippen LogP contribution in [-0.2, 0) is 18.4 Å². The average Bonchev–Trinajstić information content (AvgIpc) is 3.29. The van der Waals surface area contributed by atoms with Gasteiger partial charge in [-0.05, 0) is 84.0 Å². The van der Waals surface area contributed by atoms with Crippen molar-refractivity contribution in [3.63, 3.8) is 0 Å². The number of carbonyl (C=O) groups excluding carboxylic acids is 1. The van der Waals surface area contributed by atoms with E-state index in [-0.39, 0.29) is 18.9 Å². The van der Waals surface area contributed by atoms with E-state index in [1.54, 1.807) is 0 Å². The monoisotopic (exact) mass is 965 g/mol. The first kappa shape index (κ1) is 65.4. The fourth-order valence-electron chi connectivity index (χ4n) is 8.23. The minimum absolute atomic E-state index is 0.0501. The van der Waals surface area contributed by atoms with Gasteiger partial charge >= 0.3 is 0 Å². The van der Waals surface area contributed by atoms with Crippen molar-refractivity contribution in [1.29, 1.82) is 0 Å². The number of phosphoric ester groups is 1. The first-order chi connectivity index (χ1) is 32.4. The second-order valence-electron chi connectivity index (χ2n) is 20.4. The third-order valence-corrected chi connectivity index (χ3v) is 13.6. The number of allylic oxidation sites excluding steroid dienone is 8. The lowest BCUT2D eigenvalue weighted by Crippen LogP contribution is -2.51. The maximum Gasteiger partial charge on any atom is 0.268 e. The van der Waals surface area contributed by atoms with Crippen molar-refractivity contribution >= 4 is 13.7 Å². The number of rotatable bonds is 51. The third-order valence-electron chi connectivity index (χ3n) is 12.7. The maximum absolute atomic E-state index is 13.0. The molecular weight excluding hydrogens is 856 g/mol. The molecule has 0 saturated heterocycles. The van der Waals surface area contributed by atoms with Crippen LogP contribution in [0.2, 0.25) is 0 Å². The van der Waals surface area contributed by atoms with Gasteiger partial charge in [-0.15, -0.1) is 0 Å². The second-order valence-corrected chi connectivity index (χ2v) is 21.8. The van der Waals surface area contributed by atoms with Gasteiger partial charge in [0, 0.05) is 6.42 Å². The van der Waals surface area contributed by atoms with Crippen molar-refractivity contribution in [2.45, 2.75) is 270 Å². The molecule has 4 unspecified atom stereocenters. The molecule has 4 atom stereocenters. The molecule has 0 heterocycles. The van der Waals surface area contributed by atoms with Gasteiger partial charge in [0.25, 0.3) is 7.82 Å². The lowest BCUT2D eigenvalue weighted by Gasteiger charge is -2.31. The zero-order chi connectivity index (χ0) is 49.4. The summed E-state index contributed by atoms with van der Waals surface area (Å²) < 4.78 is 23.2. The fourth-order valence-corrected chi connectivity index (χ4v) is 8.95. The van der Waals surface area contributed by atoms with Crippen LogP contribution in [0.1, 0.15) is 251 Å². The van der Waals surface area contributed by atoms with E-state index in [1.807, 2.05) is 28.1 Å². The molecule has 0 aromatic carbocycles. The summed E-state index contributed by atoms with van der Waals surface area (Å²) in [6, 6.07) is -1.10. The Morgan fingerprint density at radius 1 is 0.552 bits per heavy atom. The molecule has 67 heavy (non-hydrogen) atoms. The summed E-state index contributed by atoms with van der Waals surface area (Å²) in [6.07, 6.45) is 59.2. The van der Waals surface area contributed by atoms with Crippen LogP contribution >= 0.6 is 7.82 Å². The van der Waals surface area contributed by atoms with E-state index in [0.29, 0.717) is 30.3 Å². The van der Waals surface area contributed by atoms with Gasteiger partial charge in [0.15, 0.2) is 0 Å². The van der Waals surface area contributed by atoms with Crippen LogP contribution in [-0.4, -0.2) is 79.8 Å². The number of nitrogens with one attached hydrogen (secondary N) is 1. The Kier molecular flexibility index (Phi) is 46.9. The van der Waals surface area contributed by atoms with Crippen molar-refractivity contribution in [3.8, 4) is 0 Å². The summed E-state index contributed by atoms with van der Waals surface area (Å²) in [4.78, 5) is 25.5. The molecule has 0 rings (SSSR count). The molecule has 3 N–H and O–H groups in total. The molecule has 0 fully saturated rings. The molecule has 0 aromatic rings. The molecule has 0 aliphatic carbocycles. The highest BCUT2D eigenvalue weighted by Gasteiger charge is 2.29. The summed E-state index contributed by atoms with van der Waals surface area (Å²) in [7, 11) is 1.10. The topological polar surface area (TPSA) is 128 Å². The predicted octanol–water partition coefficient (Wildman–Crippen LogP) is 15.1. The number of nitrogens with zero attached hydrogens (tertiary/aromatic N) is 1. The first-order valence-electron chi connectivity index (χ1n) is 28.0. The Balaban J connectivity index is 4.11. The van der Waals surface area contributed by atoms with Crippen LogP contribution in [0.4, 0.5) is 0 Å². The molecule has 10 heteroatoms. The number of likely N-dealkylation sites (N-methyl/N-ethyl adjacent to an activating group) is 1. The number of unbranched alkanes of at least 4 members (excludes halogenated alkanes) is 30. The van der Waals surface area contributed by atoms with Gasteiger partial charge in [-0.2, -0.15) is 0 Å². The highest BCUT2D eigenvalue weighted by Crippen LogP contribution is 2.38. The summed E-state index contributed by atoms with van der Waals surface area (Å²) in [6.45, 7) is 4.21. The van der Waals surface area contributed by atoms with Crippen molar-refractivity contribution in [1.82, 2.24) is 5.32 Å². The quantitative estimate of drug-likeness (QED) is 0.0240.